The summed E-state index contributed by atoms with van der Waals surface area (Å²) in [6, 6.07) is 13.2. The molecule has 0 atom stereocenters. The maximum absolute atomic E-state index is 13.1. The summed E-state index contributed by atoms with van der Waals surface area (Å²) in [4.78, 5) is 11.9. The number of carbonyl (C=O) groups excluding carboxylic acids is 1. The van der Waals surface area contributed by atoms with E-state index in [1.807, 2.05) is 38.1 Å². The number of benzene rings is 2. The first kappa shape index (κ1) is 15.0. The molecule has 0 spiro atoms. The predicted molar refractivity (Wildman–Crippen MR) is 79.8 cm³/mol. The van der Waals surface area contributed by atoms with E-state index in [-0.39, 0.29) is 12.0 Å². The van der Waals surface area contributed by atoms with Gasteiger partial charge in [-0.25, -0.2) is 4.39 Å². The highest BCUT2D eigenvalue weighted by molar-refractivity contribution is 5.94. The second kappa shape index (κ2) is 6.88. The quantitative estimate of drug-likeness (QED) is 0.913. The van der Waals surface area contributed by atoms with Crippen LogP contribution in [0.2, 0.25) is 0 Å². The van der Waals surface area contributed by atoms with E-state index in [2.05, 4.69) is 5.32 Å². The molecule has 0 aromatic heterocycles. The number of ether oxygens (including phenoxy) is 1. The maximum Gasteiger partial charge on any atom is 0.251 e. The Morgan fingerprint density at radius 3 is 2.67 bits per heavy atom. The highest BCUT2D eigenvalue weighted by Gasteiger charge is 2.06. The average Bonchev–Trinajstić information content (AvgIpc) is 2.44. The van der Waals surface area contributed by atoms with Gasteiger partial charge in [0.25, 0.3) is 5.91 Å². The van der Waals surface area contributed by atoms with Gasteiger partial charge in [-0.2, -0.15) is 0 Å². The van der Waals surface area contributed by atoms with Gasteiger partial charge in [-0.15, -0.1) is 0 Å². The monoisotopic (exact) mass is 287 g/mol. The molecule has 0 aliphatic rings. The molecule has 2 aromatic rings. The summed E-state index contributed by atoms with van der Waals surface area (Å²) in [7, 11) is 0. The standard InChI is InChI=1S/C17H18FNO2/c1-12(2)21-16-8-3-5-13(9-16)11-19-17(20)14-6-4-7-15(18)10-14/h3-10,12H,11H2,1-2H3,(H,19,20). The fourth-order valence-corrected chi connectivity index (χ4v) is 1.92. The molecule has 110 valence electrons. The fourth-order valence-electron chi connectivity index (χ4n) is 1.92. The van der Waals surface area contributed by atoms with Gasteiger partial charge in [-0.05, 0) is 49.7 Å². The lowest BCUT2D eigenvalue weighted by atomic mass is 10.2. The minimum absolute atomic E-state index is 0.0992. The summed E-state index contributed by atoms with van der Waals surface area (Å²) in [6.07, 6.45) is 0.0992. The molecule has 2 rings (SSSR count). The summed E-state index contributed by atoms with van der Waals surface area (Å²) < 4.78 is 18.7. The van der Waals surface area contributed by atoms with Crippen LogP contribution in [0.5, 0.6) is 5.75 Å². The Bertz CT molecular complexity index is 626. The van der Waals surface area contributed by atoms with Crippen molar-refractivity contribution in [1.29, 1.82) is 0 Å². The van der Waals surface area contributed by atoms with E-state index in [1.165, 1.54) is 18.2 Å². The number of hydrogen-bond donors (Lipinski definition) is 1. The average molecular weight is 287 g/mol. The molecule has 0 bridgehead atoms. The van der Waals surface area contributed by atoms with Crippen molar-refractivity contribution in [3.8, 4) is 5.75 Å². The van der Waals surface area contributed by atoms with Crippen molar-refractivity contribution in [1.82, 2.24) is 5.32 Å². The van der Waals surface area contributed by atoms with E-state index in [9.17, 15) is 9.18 Å². The van der Waals surface area contributed by atoms with Gasteiger partial charge in [0, 0.05) is 12.1 Å². The summed E-state index contributed by atoms with van der Waals surface area (Å²) in [5, 5.41) is 2.76. The summed E-state index contributed by atoms with van der Waals surface area (Å²) in [6.45, 7) is 4.28. The lowest BCUT2D eigenvalue weighted by Crippen LogP contribution is -2.22. The molecule has 0 heterocycles. The van der Waals surface area contributed by atoms with Gasteiger partial charge < -0.3 is 10.1 Å². The van der Waals surface area contributed by atoms with Crippen LogP contribution in [0.3, 0.4) is 0 Å². The van der Waals surface area contributed by atoms with Gasteiger partial charge in [0.15, 0.2) is 0 Å². The van der Waals surface area contributed by atoms with Gasteiger partial charge in [-0.3, -0.25) is 4.79 Å². The van der Waals surface area contributed by atoms with Crippen molar-refractivity contribution in [3.05, 3.63) is 65.5 Å². The zero-order valence-electron chi connectivity index (χ0n) is 12.1. The number of halogens is 1. The van der Waals surface area contributed by atoms with Crippen LogP contribution in [-0.4, -0.2) is 12.0 Å². The van der Waals surface area contributed by atoms with E-state index in [0.29, 0.717) is 12.1 Å². The Kier molecular flexibility index (Phi) is 4.93. The molecule has 2 aromatic carbocycles. The normalized spacial score (nSPS) is 10.5. The van der Waals surface area contributed by atoms with Gasteiger partial charge in [0.2, 0.25) is 0 Å². The van der Waals surface area contributed by atoms with Gasteiger partial charge in [0.1, 0.15) is 11.6 Å². The maximum atomic E-state index is 13.1. The fraction of sp³-hybridized carbons (Fsp3) is 0.235. The molecular weight excluding hydrogens is 269 g/mol. The minimum atomic E-state index is -0.421. The lowest BCUT2D eigenvalue weighted by molar-refractivity contribution is 0.0950. The Labute approximate surface area is 123 Å². The number of nitrogens with one attached hydrogen (secondary N) is 1. The molecule has 0 unspecified atom stereocenters. The van der Waals surface area contributed by atoms with Crippen molar-refractivity contribution < 1.29 is 13.9 Å². The number of hydrogen-bond acceptors (Lipinski definition) is 2. The van der Waals surface area contributed by atoms with Crippen molar-refractivity contribution >= 4 is 5.91 Å². The Hall–Kier alpha value is -2.36. The van der Waals surface area contributed by atoms with Crippen LogP contribution in [0.25, 0.3) is 0 Å². The Morgan fingerprint density at radius 2 is 1.95 bits per heavy atom. The van der Waals surface area contributed by atoms with Crippen molar-refractivity contribution in [2.45, 2.75) is 26.5 Å². The first-order chi connectivity index (χ1) is 10.0. The third-order valence-electron chi connectivity index (χ3n) is 2.81. The van der Waals surface area contributed by atoms with Gasteiger partial charge in [0.05, 0.1) is 6.10 Å². The molecule has 0 saturated heterocycles. The predicted octanol–water partition coefficient (Wildman–Crippen LogP) is 3.54. The number of rotatable bonds is 5. The molecule has 1 N–H and O–H groups in total. The molecule has 0 aliphatic carbocycles. The third-order valence-corrected chi connectivity index (χ3v) is 2.81. The SMILES string of the molecule is CC(C)Oc1cccc(CNC(=O)c2cccc(F)c2)c1. The highest BCUT2D eigenvalue weighted by Crippen LogP contribution is 2.15. The first-order valence-corrected chi connectivity index (χ1v) is 6.84. The summed E-state index contributed by atoms with van der Waals surface area (Å²) in [5.74, 6) is 0.0437. The molecular formula is C17H18FNO2. The van der Waals surface area contributed by atoms with Crippen LogP contribution in [0.15, 0.2) is 48.5 Å². The van der Waals surface area contributed by atoms with Crippen LogP contribution in [0, 0.1) is 5.82 Å². The molecule has 0 fully saturated rings. The van der Waals surface area contributed by atoms with E-state index < -0.39 is 5.82 Å². The van der Waals surface area contributed by atoms with Gasteiger partial charge >= 0.3 is 0 Å². The zero-order valence-corrected chi connectivity index (χ0v) is 12.1. The number of carbonyl (C=O) groups is 1. The third kappa shape index (κ3) is 4.60. The van der Waals surface area contributed by atoms with Crippen LogP contribution in [-0.2, 0) is 6.54 Å². The molecule has 3 nitrogen and oxygen atoms in total. The van der Waals surface area contributed by atoms with Crippen molar-refractivity contribution in [3.63, 3.8) is 0 Å². The Balaban J connectivity index is 1.98. The van der Waals surface area contributed by atoms with Crippen LogP contribution in [0.4, 0.5) is 4.39 Å². The van der Waals surface area contributed by atoms with Gasteiger partial charge in [-0.1, -0.05) is 18.2 Å². The Morgan fingerprint density at radius 1 is 1.19 bits per heavy atom. The molecule has 21 heavy (non-hydrogen) atoms. The first-order valence-electron chi connectivity index (χ1n) is 6.84. The van der Waals surface area contributed by atoms with E-state index in [1.54, 1.807) is 6.07 Å². The molecule has 1 amide bonds. The lowest BCUT2D eigenvalue weighted by Gasteiger charge is -2.11. The van der Waals surface area contributed by atoms with Crippen molar-refractivity contribution in [2.24, 2.45) is 0 Å². The van der Waals surface area contributed by atoms with Crippen LogP contribution in [0.1, 0.15) is 29.8 Å². The minimum Gasteiger partial charge on any atom is -0.491 e. The molecule has 0 radical (unpaired) electrons. The molecule has 0 saturated carbocycles. The van der Waals surface area contributed by atoms with Crippen LogP contribution >= 0.6 is 0 Å². The van der Waals surface area contributed by atoms with E-state index in [0.717, 1.165) is 11.3 Å². The molecule has 4 heteroatoms. The van der Waals surface area contributed by atoms with E-state index in [4.69, 9.17) is 4.74 Å². The second-order valence-corrected chi connectivity index (χ2v) is 5.01. The summed E-state index contributed by atoms with van der Waals surface area (Å²) >= 11 is 0. The molecule has 0 aliphatic heterocycles. The largest absolute Gasteiger partial charge is 0.491 e. The zero-order chi connectivity index (χ0) is 15.2. The van der Waals surface area contributed by atoms with E-state index >= 15 is 0 Å². The van der Waals surface area contributed by atoms with Crippen molar-refractivity contribution in [2.75, 3.05) is 0 Å². The summed E-state index contributed by atoms with van der Waals surface area (Å²) in [5.41, 5.74) is 1.24. The van der Waals surface area contributed by atoms with Crippen LogP contribution < -0.4 is 10.1 Å². The number of amides is 1. The second-order valence-electron chi connectivity index (χ2n) is 5.01. The topological polar surface area (TPSA) is 38.3 Å². The smallest absolute Gasteiger partial charge is 0.251 e. The highest BCUT2D eigenvalue weighted by atomic mass is 19.1.